The van der Waals surface area contributed by atoms with Crippen LogP contribution in [0.1, 0.15) is 17.3 Å². The van der Waals surface area contributed by atoms with Gasteiger partial charge in [-0.15, -0.1) is 0 Å². The van der Waals surface area contributed by atoms with Gasteiger partial charge >= 0.3 is 0 Å². The van der Waals surface area contributed by atoms with Gasteiger partial charge in [-0.2, -0.15) is 0 Å². The molecular weight excluding hydrogens is 300 g/mol. The van der Waals surface area contributed by atoms with E-state index in [0.717, 1.165) is 18.3 Å². The Morgan fingerprint density at radius 2 is 2.14 bits per heavy atom. The first-order valence-electron chi connectivity index (χ1n) is 6.17. The molecule has 1 aromatic heterocycles. The lowest BCUT2D eigenvalue weighted by molar-refractivity contribution is 0.102. The molecule has 1 heterocycles. The van der Waals surface area contributed by atoms with Crippen molar-refractivity contribution in [3.8, 4) is 0 Å². The van der Waals surface area contributed by atoms with Crippen LogP contribution in [0.2, 0.25) is 5.02 Å². The zero-order valence-corrected chi connectivity index (χ0v) is 11.8. The molecule has 2 N–H and O–H groups in total. The molecule has 0 aliphatic rings. The Balaban J connectivity index is 2.34. The standard InChI is InChI=1S/C14H12ClF2N3O/c1-2-18-13-9(6-8(16)7-19-13)14(21)20-12-10(15)4-3-5-11(12)17/h3-7H,2H2,1H3,(H,18,19)(H,20,21). The second-order valence-electron chi connectivity index (χ2n) is 4.13. The molecule has 0 saturated carbocycles. The molecule has 2 aromatic rings. The number of amides is 1. The third kappa shape index (κ3) is 3.46. The number of hydrogen-bond acceptors (Lipinski definition) is 3. The number of para-hydroxylation sites is 1. The van der Waals surface area contributed by atoms with E-state index in [-0.39, 0.29) is 22.1 Å². The molecule has 0 aliphatic heterocycles. The molecule has 0 aliphatic carbocycles. The molecule has 7 heteroatoms. The van der Waals surface area contributed by atoms with Gasteiger partial charge in [-0.25, -0.2) is 13.8 Å². The van der Waals surface area contributed by atoms with Gasteiger partial charge < -0.3 is 10.6 Å². The zero-order valence-electron chi connectivity index (χ0n) is 11.1. The summed E-state index contributed by atoms with van der Waals surface area (Å²) in [4.78, 5) is 16.0. The highest BCUT2D eigenvalue weighted by molar-refractivity contribution is 6.34. The zero-order chi connectivity index (χ0) is 15.4. The van der Waals surface area contributed by atoms with Crippen LogP contribution in [0.15, 0.2) is 30.5 Å². The molecule has 0 fully saturated rings. The van der Waals surface area contributed by atoms with E-state index in [2.05, 4.69) is 15.6 Å². The number of halogens is 3. The molecule has 0 radical (unpaired) electrons. The lowest BCUT2D eigenvalue weighted by Crippen LogP contribution is -2.17. The Morgan fingerprint density at radius 3 is 2.81 bits per heavy atom. The van der Waals surface area contributed by atoms with Crippen molar-refractivity contribution in [2.45, 2.75) is 6.92 Å². The summed E-state index contributed by atoms with van der Waals surface area (Å²) in [5, 5.41) is 5.22. The fraction of sp³-hybridized carbons (Fsp3) is 0.143. The Morgan fingerprint density at radius 1 is 1.38 bits per heavy atom. The first-order valence-corrected chi connectivity index (χ1v) is 6.55. The molecule has 21 heavy (non-hydrogen) atoms. The molecule has 0 unspecified atom stereocenters. The second kappa shape index (κ2) is 6.49. The summed E-state index contributed by atoms with van der Waals surface area (Å²) in [6, 6.07) is 5.04. The highest BCUT2D eigenvalue weighted by Crippen LogP contribution is 2.26. The van der Waals surface area contributed by atoms with Crippen LogP contribution in [0.5, 0.6) is 0 Å². The van der Waals surface area contributed by atoms with E-state index in [1.54, 1.807) is 6.92 Å². The van der Waals surface area contributed by atoms with Crippen molar-refractivity contribution < 1.29 is 13.6 Å². The molecule has 0 atom stereocenters. The summed E-state index contributed by atoms with van der Waals surface area (Å²) >= 11 is 5.83. The largest absolute Gasteiger partial charge is 0.370 e. The Labute approximate surface area is 125 Å². The quantitative estimate of drug-likeness (QED) is 0.905. The van der Waals surface area contributed by atoms with E-state index in [0.29, 0.717) is 6.54 Å². The maximum atomic E-state index is 13.6. The topological polar surface area (TPSA) is 54.0 Å². The van der Waals surface area contributed by atoms with E-state index in [4.69, 9.17) is 11.6 Å². The van der Waals surface area contributed by atoms with Gasteiger partial charge in [-0.1, -0.05) is 17.7 Å². The average molecular weight is 312 g/mol. The van der Waals surface area contributed by atoms with Gasteiger partial charge in [0.15, 0.2) is 0 Å². The van der Waals surface area contributed by atoms with Crippen LogP contribution in [0.3, 0.4) is 0 Å². The van der Waals surface area contributed by atoms with Crippen LogP contribution in [-0.2, 0) is 0 Å². The lowest BCUT2D eigenvalue weighted by Gasteiger charge is -2.11. The van der Waals surface area contributed by atoms with Crippen molar-refractivity contribution in [2.24, 2.45) is 0 Å². The van der Waals surface area contributed by atoms with E-state index in [1.165, 1.54) is 12.1 Å². The molecule has 0 bridgehead atoms. The van der Waals surface area contributed by atoms with Crippen LogP contribution in [0.25, 0.3) is 0 Å². The van der Waals surface area contributed by atoms with Crippen LogP contribution >= 0.6 is 11.6 Å². The Kier molecular flexibility index (Phi) is 4.70. The van der Waals surface area contributed by atoms with E-state index >= 15 is 0 Å². The third-order valence-electron chi connectivity index (χ3n) is 2.64. The van der Waals surface area contributed by atoms with Crippen molar-refractivity contribution in [3.05, 3.63) is 52.7 Å². The number of rotatable bonds is 4. The van der Waals surface area contributed by atoms with Gasteiger partial charge in [0.2, 0.25) is 0 Å². The van der Waals surface area contributed by atoms with Crippen molar-refractivity contribution in [2.75, 3.05) is 17.2 Å². The molecule has 1 amide bonds. The number of nitrogens with zero attached hydrogens (tertiary/aromatic N) is 1. The van der Waals surface area contributed by atoms with Crippen LogP contribution in [-0.4, -0.2) is 17.4 Å². The Bertz CT molecular complexity index is 659. The number of aromatic nitrogens is 1. The normalized spacial score (nSPS) is 10.3. The van der Waals surface area contributed by atoms with Gasteiger partial charge in [-0.05, 0) is 25.1 Å². The summed E-state index contributed by atoms with van der Waals surface area (Å²) < 4.78 is 26.9. The van der Waals surface area contributed by atoms with Gasteiger partial charge in [0.1, 0.15) is 17.5 Å². The number of benzene rings is 1. The first kappa shape index (κ1) is 15.2. The summed E-state index contributed by atoms with van der Waals surface area (Å²) in [5.41, 5.74) is -0.188. The minimum absolute atomic E-state index is 0.0313. The molecular formula is C14H12ClF2N3O. The van der Waals surface area contributed by atoms with Gasteiger partial charge in [0, 0.05) is 6.54 Å². The van der Waals surface area contributed by atoms with Gasteiger partial charge in [-0.3, -0.25) is 4.79 Å². The summed E-state index contributed by atoms with van der Waals surface area (Å²) in [6.45, 7) is 2.31. The van der Waals surface area contributed by atoms with E-state index in [1.807, 2.05) is 0 Å². The molecule has 110 valence electrons. The van der Waals surface area contributed by atoms with E-state index < -0.39 is 17.5 Å². The number of carbonyl (C=O) groups excluding carboxylic acids is 1. The van der Waals surface area contributed by atoms with Crippen LogP contribution < -0.4 is 10.6 Å². The third-order valence-corrected chi connectivity index (χ3v) is 2.96. The van der Waals surface area contributed by atoms with Crippen molar-refractivity contribution >= 4 is 29.0 Å². The van der Waals surface area contributed by atoms with Gasteiger partial charge in [0.25, 0.3) is 5.91 Å². The monoisotopic (exact) mass is 311 g/mol. The number of pyridine rings is 1. The second-order valence-corrected chi connectivity index (χ2v) is 4.54. The maximum Gasteiger partial charge on any atom is 0.259 e. The minimum atomic E-state index is -0.704. The smallest absolute Gasteiger partial charge is 0.259 e. The summed E-state index contributed by atoms with van der Waals surface area (Å²) in [7, 11) is 0. The SMILES string of the molecule is CCNc1ncc(F)cc1C(=O)Nc1c(F)cccc1Cl. The van der Waals surface area contributed by atoms with Crippen molar-refractivity contribution in [1.29, 1.82) is 0 Å². The van der Waals surface area contributed by atoms with Crippen LogP contribution in [0, 0.1) is 11.6 Å². The average Bonchev–Trinajstić information content (AvgIpc) is 2.45. The number of nitrogens with one attached hydrogen (secondary N) is 2. The Hall–Kier alpha value is -2.21. The van der Waals surface area contributed by atoms with Crippen molar-refractivity contribution in [3.63, 3.8) is 0 Å². The lowest BCUT2D eigenvalue weighted by atomic mass is 10.2. The molecule has 0 saturated heterocycles. The molecule has 4 nitrogen and oxygen atoms in total. The summed E-state index contributed by atoms with van der Waals surface area (Å²) in [5.74, 6) is -1.83. The minimum Gasteiger partial charge on any atom is -0.370 e. The highest BCUT2D eigenvalue weighted by Gasteiger charge is 2.17. The number of hydrogen-bond donors (Lipinski definition) is 2. The van der Waals surface area contributed by atoms with E-state index in [9.17, 15) is 13.6 Å². The fourth-order valence-corrected chi connectivity index (χ4v) is 1.93. The fourth-order valence-electron chi connectivity index (χ4n) is 1.72. The maximum absolute atomic E-state index is 13.6. The predicted molar refractivity (Wildman–Crippen MR) is 77.7 cm³/mol. The summed E-state index contributed by atoms with van der Waals surface area (Å²) in [6.07, 6.45) is 0.991. The van der Waals surface area contributed by atoms with Gasteiger partial charge in [0.05, 0.1) is 22.5 Å². The number of carbonyl (C=O) groups is 1. The predicted octanol–water partition coefficient (Wildman–Crippen LogP) is 3.70. The molecule has 2 rings (SSSR count). The molecule has 1 aromatic carbocycles. The number of anilines is 2. The highest BCUT2D eigenvalue weighted by atomic mass is 35.5. The van der Waals surface area contributed by atoms with Crippen LogP contribution in [0.4, 0.5) is 20.3 Å². The first-order chi connectivity index (χ1) is 10.0. The van der Waals surface area contributed by atoms with Crippen molar-refractivity contribution in [1.82, 2.24) is 4.98 Å². The molecule has 0 spiro atoms.